The van der Waals surface area contributed by atoms with Crippen molar-refractivity contribution in [2.24, 2.45) is 5.73 Å². The zero-order valence-corrected chi connectivity index (χ0v) is 10.2. The van der Waals surface area contributed by atoms with E-state index in [0.29, 0.717) is 6.54 Å². The number of nitrogens with zero attached hydrogens (tertiary/aromatic N) is 4. The van der Waals surface area contributed by atoms with Crippen LogP contribution in [0.2, 0.25) is 0 Å². The summed E-state index contributed by atoms with van der Waals surface area (Å²) in [6, 6.07) is 7.84. The Bertz CT molecular complexity index is 445. The van der Waals surface area contributed by atoms with Crippen LogP contribution in [0.1, 0.15) is 12.0 Å². The van der Waals surface area contributed by atoms with Crippen molar-refractivity contribution < 1.29 is 0 Å². The van der Waals surface area contributed by atoms with Gasteiger partial charge in [-0.3, -0.25) is 4.98 Å². The first-order valence-electron chi connectivity index (χ1n) is 6.02. The standard InChI is InChI=1S/C13H17N5/c14-6-3-9-18(13-5-2-8-16-17-13)11-12-4-1-7-15-10-12/h1-2,4-5,7-8,10H,3,6,9,11,14H2. The summed E-state index contributed by atoms with van der Waals surface area (Å²) in [7, 11) is 0. The molecule has 2 aromatic heterocycles. The zero-order chi connectivity index (χ0) is 12.6. The molecule has 0 aliphatic carbocycles. The molecule has 0 unspecified atom stereocenters. The smallest absolute Gasteiger partial charge is 0.151 e. The molecule has 0 saturated heterocycles. The quantitative estimate of drug-likeness (QED) is 0.826. The highest BCUT2D eigenvalue weighted by atomic mass is 15.3. The largest absolute Gasteiger partial charge is 0.351 e. The molecule has 0 bridgehead atoms. The van der Waals surface area contributed by atoms with Crippen LogP contribution in [-0.4, -0.2) is 28.3 Å². The second kappa shape index (κ2) is 6.66. The van der Waals surface area contributed by atoms with E-state index in [4.69, 9.17) is 5.73 Å². The van der Waals surface area contributed by atoms with Crippen molar-refractivity contribution in [3.05, 3.63) is 48.4 Å². The summed E-state index contributed by atoms with van der Waals surface area (Å²) in [5.74, 6) is 0.870. The molecule has 0 aliphatic rings. The molecule has 18 heavy (non-hydrogen) atoms. The molecular formula is C13H17N5. The third-order valence-corrected chi connectivity index (χ3v) is 2.61. The minimum atomic E-state index is 0.670. The van der Waals surface area contributed by atoms with Crippen LogP contribution in [0.5, 0.6) is 0 Å². The van der Waals surface area contributed by atoms with Gasteiger partial charge in [0.05, 0.1) is 0 Å². The van der Waals surface area contributed by atoms with E-state index in [1.54, 1.807) is 12.4 Å². The van der Waals surface area contributed by atoms with Crippen molar-refractivity contribution in [3.63, 3.8) is 0 Å². The van der Waals surface area contributed by atoms with Gasteiger partial charge < -0.3 is 10.6 Å². The monoisotopic (exact) mass is 243 g/mol. The Hall–Kier alpha value is -2.01. The van der Waals surface area contributed by atoms with Crippen molar-refractivity contribution in [1.82, 2.24) is 15.2 Å². The van der Waals surface area contributed by atoms with Gasteiger partial charge in [-0.25, -0.2) is 0 Å². The van der Waals surface area contributed by atoms with Crippen LogP contribution in [0.4, 0.5) is 5.82 Å². The summed E-state index contributed by atoms with van der Waals surface area (Å²) >= 11 is 0. The predicted molar refractivity (Wildman–Crippen MR) is 71.0 cm³/mol. The average molecular weight is 243 g/mol. The SMILES string of the molecule is NCCCN(Cc1cccnc1)c1cccnn1. The van der Waals surface area contributed by atoms with Crippen molar-refractivity contribution in [2.75, 3.05) is 18.0 Å². The highest BCUT2D eigenvalue weighted by molar-refractivity contribution is 5.37. The van der Waals surface area contributed by atoms with Gasteiger partial charge in [0.25, 0.3) is 0 Å². The molecule has 2 heterocycles. The van der Waals surface area contributed by atoms with E-state index in [9.17, 15) is 0 Å². The maximum absolute atomic E-state index is 5.57. The number of pyridine rings is 1. The number of rotatable bonds is 6. The number of anilines is 1. The van der Waals surface area contributed by atoms with Gasteiger partial charge in [0.2, 0.25) is 0 Å². The summed E-state index contributed by atoms with van der Waals surface area (Å²) in [4.78, 5) is 6.29. The van der Waals surface area contributed by atoms with Crippen LogP contribution >= 0.6 is 0 Å². The van der Waals surface area contributed by atoms with Gasteiger partial charge in [0.15, 0.2) is 5.82 Å². The van der Waals surface area contributed by atoms with E-state index in [-0.39, 0.29) is 0 Å². The molecule has 0 amide bonds. The fourth-order valence-electron chi connectivity index (χ4n) is 1.73. The van der Waals surface area contributed by atoms with E-state index in [2.05, 4.69) is 26.1 Å². The molecule has 94 valence electrons. The fraction of sp³-hybridized carbons (Fsp3) is 0.308. The molecule has 0 radical (unpaired) electrons. The summed E-state index contributed by atoms with van der Waals surface area (Å²) in [5.41, 5.74) is 6.73. The molecule has 2 N–H and O–H groups in total. The minimum Gasteiger partial charge on any atom is -0.351 e. The Kier molecular flexibility index (Phi) is 4.60. The lowest BCUT2D eigenvalue weighted by atomic mass is 10.2. The molecule has 0 spiro atoms. The summed E-state index contributed by atoms with van der Waals surface area (Å²) in [6.07, 6.45) is 6.24. The molecule has 2 aromatic rings. The predicted octanol–water partition coefficient (Wildman–Crippen LogP) is 1.23. The van der Waals surface area contributed by atoms with Gasteiger partial charge in [-0.1, -0.05) is 6.07 Å². The zero-order valence-electron chi connectivity index (χ0n) is 10.2. The Morgan fingerprint density at radius 2 is 2.06 bits per heavy atom. The van der Waals surface area contributed by atoms with E-state index < -0.39 is 0 Å². The lowest BCUT2D eigenvalue weighted by molar-refractivity contribution is 0.717. The first-order valence-corrected chi connectivity index (χ1v) is 6.02. The summed E-state index contributed by atoms with van der Waals surface area (Å²) in [5, 5.41) is 8.06. The molecule has 0 atom stereocenters. The number of hydrogen-bond acceptors (Lipinski definition) is 5. The second-order valence-electron chi connectivity index (χ2n) is 4.01. The van der Waals surface area contributed by atoms with E-state index >= 15 is 0 Å². The van der Waals surface area contributed by atoms with Crippen molar-refractivity contribution in [3.8, 4) is 0 Å². The topological polar surface area (TPSA) is 67.9 Å². The fourth-order valence-corrected chi connectivity index (χ4v) is 1.73. The molecule has 0 aliphatic heterocycles. The van der Waals surface area contributed by atoms with Crippen LogP contribution in [0, 0.1) is 0 Å². The lowest BCUT2D eigenvalue weighted by Gasteiger charge is -2.22. The van der Waals surface area contributed by atoms with Crippen molar-refractivity contribution in [2.45, 2.75) is 13.0 Å². The second-order valence-corrected chi connectivity index (χ2v) is 4.01. The average Bonchev–Trinajstić information content (AvgIpc) is 2.45. The molecular weight excluding hydrogens is 226 g/mol. The molecule has 0 saturated carbocycles. The third-order valence-electron chi connectivity index (χ3n) is 2.61. The summed E-state index contributed by atoms with van der Waals surface area (Å²) < 4.78 is 0. The molecule has 0 fully saturated rings. The highest BCUT2D eigenvalue weighted by Gasteiger charge is 2.08. The Balaban J connectivity index is 2.10. The van der Waals surface area contributed by atoms with Crippen LogP contribution in [0.3, 0.4) is 0 Å². The first-order chi connectivity index (χ1) is 8.90. The number of hydrogen-bond donors (Lipinski definition) is 1. The maximum Gasteiger partial charge on any atom is 0.151 e. The summed E-state index contributed by atoms with van der Waals surface area (Å²) in [6.45, 7) is 2.31. The van der Waals surface area contributed by atoms with Gasteiger partial charge in [0.1, 0.15) is 0 Å². The number of nitrogens with two attached hydrogens (primary N) is 1. The Morgan fingerprint density at radius 1 is 1.17 bits per heavy atom. The van der Waals surface area contributed by atoms with Gasteiger partial charge >= 0.3 is 0 Å². The van der Waals surface area contributed by atoms with Gasteiger partial charge in [-0.2, -0.15) is 5.10 Å². The van der Waals surface area contributed by atoms with Gasteiger partial charge in [-0.05, 0) is 36.7 Å². The lowest BCUT2D eigenvalue weighted by Crippen LogP contribution is -2.26. The minimum absolute atomic E-state index is 0.670. The van der Waals surface area contributed by atoms with Gasteiger partial charge in [-0.15, -0.1) is 5.10 Å². The van der Waals surface area contributed by atoms with E-state index in [1.807, 2.05) is 24.4 Å². The Morgan fingerprint density at radius 3 is 2.72 bits per heavy atom. The van der Waals surface area contributed by atoms with E-state index in [0.717, 1.165) is 30.9 Å². The van der Waals surface area contributed by atoms with Crippen molar-refractivity contribution >= 4 is 5.82 Å². The Labute approximate surface area is 107 Å². The van der Waals surface area contributed by atoms with Gasteiger partial charge in [0, 0.05) is 31.7 Å². The maximum atomic E-state index is 5.57. The number of aromatic nitrogens is 3. The van der Waals surface area contributed by atoms with Crippen LogP contribution in [0.15, 0.2) is 42.9 Å². The molecule has 2 rings (SSSR count). The first kappa shape index (κ1) is 12.4. The molecule has 5 nitrogen and oxygen atoms in total. The highest BCUT2D eigenvalue weighted by Crippen LogP contribution is 2.12. The van der Waals surface area contributed by atoms with Crippen LogP contribution in [-0.2, 0) is 6.54 Å². The van der Waals surface area contributed by atoms with Crippen LogP contribution < -0.4 is 10.6 Å². The van der Waals surface area contributed by atoms with Crippen LogP contribution in [0.25, 0.3) is 0 Å². The third kappa shape index (κ3) is 3.49. The van der Waals surface area contributed by atoms with Crippen molar-refractivity contribution in [1.29, 1.82) is 0 Å². The molecule has 5 heteroatoms. The van der Waals surface area contributed by atoms with E-state index in [1.165, 1.54) is 0 Å². The normalized spacial score (nSPS) is 10.3. The molecule has 0 aromatic carbocycles.